The van der Waals surface area contributed by atoms with Crippen LogP contribution >= 0.6 is 0 Å². The number of carbonyl (C=O) groups is 1. The fourth-order valence-electron chi connectivity index (χ4n) is 2.60. The average Bonchev–Trinajstić information content (AvgIpc) is 2.61. The molecule has 0 spiro atoms. The van der Waals surface area contributed by atoms with E-state index in [1.165, 1.54) is 18.3 Å². The van der Waals surface area contributed by atoms with Crippen molar-refractivity contribution >= 4 is 5.97 Å². The predicted octanol–water partition coefficient (Wildman–Crippen LogP) is 4.85. The van der Waals surface area contributed by atoms with Crippen LogP contribution in [0.4, 0.5) is 4.39 Å². The first-order valence-electron chi connectivity index (χ1n) is 8.80. The van der Waals surface area contributed by atoms with Gasteiger partial charge < -0.3 is 14.6 Å². The molecule has 1 aromatic carbocycles. The Balaban J connectivity index is 2.16. The van der Waals surface area contributed by atoms with Crippen LogP contribution in [-0.4, -0.2) is 22.2 Å². The maximum Gasteiger partial charge on any atom is 0.358 e. The standard InChI is InChI=1S/C20H24FNO4/c1-3-5-16(6-4-2)26-17-11-18(19(20(23)24)22-12-17)25-13-14-7-9-15(21)10-8-14/h7-12,16H,3-6,13H2,1-2H3,(H,23,24). The van der Waals surface area contributed by atoms with E-state index in [1.807, 2.05) is 0 Å². The molecule has 1 heterocycles. The van der Waals surface area contributed by atoms with Crippen molar-refractivity contribution in [1.82, 2.24) is 4.98 Å². The summed E-state index contributed by atoms with van der Waals surface area (Å²) in [6.07, 6.45) is 5.30. The number of aromatic nitrogens is 1. The topological polar surface area (TPSA) is 68.7 Å². The molecule has 6 heteroatoms. The van der Waals surface area contributed by atoms with Crippen LogP contribution in [-0.2, 0) is 6.61 Å². The molecule has 0 fully saturated rings. The van der Waals surface area contributed by atoms with Crippen LogP contribution in [0.2, 0.25) is 0 Å². The van der Waals surface area contributed by atoms with Gasteiger partial charge in [0.15, 0.2) is 11.4 Å². The van der Waals surface area contributed by atoms with Crippen LogP contribution in [0.5, 0.6) is 11.5 Å². The second-order valence-corrected chi connectivity index (χ2v) is 6.06. The Labute approximate surface area is 152 Å². The first-order chi connectivity index (χ1) is 12.5. The molecule has 0 saturated heterocycles. The molecule has 0 unspecified atom stereocenters. The fourth-order valence-corrected chi connectivity index (χ4v) is 2.60. The summed E-state index contributed by atoms with van der Waals surface area (Å²) in [4.78, 5) is 15.4. The zero-order chi connectivity index (χ0) is 18.9. The molecule has 0 aliphatic heterocycles. The molecule has 2 aromatic rings. The van der Waals surface area contributed by atoms with Crippen molar-refractivity contribution in [2.45, 2.75) is 52.2 Å². The maximum atomic E-state index is 13.0. The van der Waals surface area contributed by atoms with E-state index in [2.05, 4.69) is 18.8 Å². The summed E-state index contributed by atoms with van der Waals surface area (Å²) in [6, 6.07) is 7.38. The fraction of sp³-hybridized carbons (Fsp3) is 0.400. The highest BCUT2D eigenvalue weighted by Crippen LogP contribution is 2.26. The van der Waals surface area contributed by atoms with Gasteiger partial charge in [-0.1, -0.05) is 38.8 Å². The van der Waals surface area contributed by atoms with Crippen molar-refractivity contribution < 1.29 is 23.8 Å². The minimum absolute atomic E-state index is 0.0624. The monoisotopic (exact) mass is 361 g/mol. The third kappa shape index (κ3) is 5.72. The van der Waals surface area contributed by atoms with E-state index >= 15 is 0 Å². The van der Waals surface area contributed by atoms with Crippen LogP contribution in [0.15, 0.2) is 36.5 Å². The Kier molecular flexibility index (Phi) is 7.38. The van der Waals surface area contributed by atoms with Crippen LogP contribution in [0, 0.1) is 5.82 Å². The number of carboxylic acid groups (broad SMARTS) is 1. The largest absolute Gasteiger partial charge is 0.489 e. The molecule has 0 bridgehead atoms. The Morgan fingerprint density at radius 2 is 1.85 bits per heavy atom. The first-order valence-corrected chi connectivity index (χ1v) is 8.80. The zero-order valence-corrected chi connectivity index (χ0v) is 15.1. The van der Waals surface area contributed by atoms with Crippen molar-refractivity contribution in [1.29, 1.82) is 0 Å². The molecule has 5 nitrogen and oxygen atoms in total. The van der Waals surface area contributed by atoms with Gasteiger partial charge in [0, 0.05) is 6.07 Å². The SMILES string of the molecule is CCCC(CCC)Oc1cnc(C(=O)O)c(OCc2ccc(F)cc2)c1. The lowest BCUT2D eigenvalue weighted by atomic mass is 10.1. The highest BCUT2D eigenvalue weighted by Gasteiger charge is 2.17. The van der Waals surface area contributed by atoms with Gasteiger partial charge in [0.25, 0.3) is 0 Å². The Morgan fingerprint density at radius 1 is 1.19 bits per heavy atom. The highest BCUT2D eigenvalue weighted by molar-refractivity contribution is 5.88. The molecule has 2 rings (SSSR count). The van der Waals surface area contributed by atoms with Crippen LogP contribution in [0.1, 0.15) is 55.6 Å². The molecule has 0 aliphatic carbocycles. The zero-order valence-electron chi connectivity index (χ0n) is 15.1. The number of nitrogens with zero attached hydrogens (tertiary/aromatic N) is 1. The molecule has 26 heavy (non-hydrogen) atoms. The van der Waals surface area contributed by atoms with Crippen molar-refractivity contribution in [2.75, 3.05) is 0 Å². The van der Waals surface area contributed by atoms with Crippen molar-refractivity contribution in [3.8, 4) is 11.5 Å². The molecule has 0 atom stereocenters. The van der Waals surface area contributed by atoms with Crippen LogP contribution in [0.25, 0.3) is 0 Å². The highest BCUT2D eigenvalue weighted by atomic mass is 19.1. The lowest BCUT2D eigenvalue weighted by Crippen LogP contribution is -2.16. The normalized spacial score (nSPS) is 10.8. The summed E-state index contributed by atoms with van der Waals surface area (Å²) < 4.78 is 24.5. The predicted molar refractivity (Wildman–Crippen MR) is 96.2 cm³/mol. The first kappa shape index (κ1) is 19.7. The number of aromatic carboxylic acids is 1. The van der Waals surface area contributed by atoms with E-state index in [4.69, 9.17) is 9.47 Å². The lowest BCUT2D eigenvalue weighted by molar-refractivity contribution is 0.0684. The molecular weight excluding hydrogens is 337 g/mol. The van der Waals surface area contributed by atoms with E-state index in [0.717, 1.165) is 31.2 Å². The van der Waals surface area contributed by atoms with Gasteiger partial charge in [0.05, 0.1) is 12.3 Å². The van der Waals surface area contributed by atoms with Gasteiger partial charge in [-0.3, -0.25) is 0 Å². The van der Waals surface area contributed by atoms with E-state index in [1.54, 1.807) is 18.2 Å². The van der Waals surface area contributed by atoms with Gasteiger partial charge in [-0.25, -0.2) is 14.2 Å². The summed E-state index contributed by atoms with van der Waals surface area (Å²) in [5.41, 5.74) is 0.547. The van der Waals surface area contributed by atoms with Crippen molar-refractivity contribution in [3.05, 3.63) is 53.6 Å². The summed E-state index contributed by atoms with van der Waals surface area (Å²) in [6.45, 7) is 4.29. The lowest BCUT2D eigenvalue weighted by Gasteiger charge is -2.18. The number of halogens is 1. The van der Waals surface area contributed by atoms with E-state index < -0.39 is 5.97 Å². The van der Waals surface area contributed by atoms with Gasteiger partial charge in [0.2, 0.25) is 0 Å². The summed E-state index contributed by atoms with van der Waals surface area (Å²) >= 11 is 0. The second-order valence-electron chi connectivity index (χ2n) is 6.06. The quantitative estimate of drug-likeness (QED) is 0.655. The third-order valence-electron chi connectivity index (χ3n) is 3.86. The molecule has 140 valence electrons. The van der Waals surface area contributed by atoms with Gasteiger partial charge >= 0.3 is 5.97 Å². The Bertz CT molecular complexity index is 712. The number of pyridine rings is 1. The maximum absolute atomic E-state index is 13.0. The summed E-state index contributed by atoms with van der Waals surface area (Å²) in [5, 5.41) is 9.31. The Morgan fingerprint density at radius 3 is 2.42 bits per heavy atom. The van der Waals surface area contributed by atoms with E-state index in [0.29, 0.717) is 5.75 Å². The smallest absolute Gasteiger partial charge is 0.358 e. The number of hydrogen-bond donors (Lipinski definition) is 1. The number of carboxylic acids is 1. The van der Waals surface area contributed by atoms with Crippen molar-refractivity contribution in [3.63, 3.8) is 0 Å². The molecule has 0 saturated carbocycles. The summed E-state index contributed by atoms with van der Waals surface area (Å²) in [5.74, 6) is -0.902. The number of hydrogen-bond acceptors (Lipinski definition) is 4. The number of benzene rings is 1. The van der Waals surface area contributed by atoms with Gasteiger partial charge in [0.1, 0.15) is 18.2 Å². The van der Waals surface area contributed by atoms with Crippen LogP contribution in [0.3, 0.4) is 0 Å². The van der Waals surface area contributed by atoms with Gasteiger partial charge in [-0.05, 0) is 30.5 Å². The Hall–Kier alpha value is -2.63. The number of ether oxygens (including phenoxy) is 2. The average molecular weight is 361 g/mol. The molecule has 0 amide bonds. The number of rotatable bonds is 10. The van der Waals surface area contributed by atoms with Gasteiger partial charge in [-0.15, -0.1) is 0 Å². The molecule has 1 N–H and O–H groups in total. The molecule has 0 aliphatic rings. The van der Waals surface area contributed by atoms with Gasteiger partial charge in [-0.2, -0.15) is 0 Å². The second kappa shape index (κ2) is 9.75. The summed E-state index contributed by atoms with van der Waals surface area (Å²) in [7, 11) is 0. The minimum Gasteiger partial charge on any atom is -0.489 e. The van der Waals surface area contributed by atoms with Crippen LogP contribution < -0.4 is 9.47 Å². The molecule has 0 radical (unpaired) electrons. The third-order valence-corrected chi connectivity index (χ3v) is 3.86. The van der Waals surface area contributed by atoms with E-state index in [-0.39, 0.29) is 30.0 Å². The van der Waals surface area contributed by atoms with E-state index in [9.17, 15) is 14.3 Å². The van der Waals surface area contributed by atoms with Crippen molar-refractivity contribution in [2.24, 2.45) is 0 Å². The molecule has 1 aromatic heterocycles. The molecular formula is C20H24FNO4. The minimum atomic E-state index is -1.18.